The van der Waals surface area contributed by atoms with Crippen molar-refractivity contribution >= 4 is 57.5 Å². The van der Waals surface area contributed by atoms with Gasteiger partial charge in [-0.15, -0.1) is 0 Å². The average Bonchev–Trinajstić information content (AvgIpc) is 2.58. The molecule has 0 radical (unpaired) electrons. The topological polar surface area (TPSA) is 67.4 Å². The standard InChI is InChI=1S/C18H17IN2O3S/c1-3-24-17(23)12-6-8-14(9-7-12)20-18(25)21-16(22)13-5-4-11(2)15(19)10-13/h4-10H,3H2,1-2H3,(H2,20,21,22,25). The Hall–Kier alpha value is -2.00. The molecule has 0 heterocycles. The highest BCUT2D eigenvalue weighted by atomic mass is 127. The van der Waals surface area contributed by atoms with Gasteiger partial charge >= 0.3 is 5.97 Å². The minimum absolute atomic E-state index is 0.185. The Labute approximate surface area is 165 Å². The number of aryl methyl sites for hydroxylation is 1. The summed E-state index contributed by atoms with van der Waals surface area (Å²) in [7, 11) is 0. The highest BCUT2D eigenvalue weighted by molar-refractivity contribution is 14.1. The fraction of sp³-hybridized carbons (Fsp3) is 0.167. The summed E-state index contributed by atoms with van der Waals surface area (Å²) < 4.78 is 5.94. The normalized spacial score (nSPS) is 10.0. The Bertz CT molecular complexity index is 806. The van der Waals surface area contributed by atoms with Crippen molar-refractivity contribution in [1.29, 1.82) is 0 Å². The Morgan fingerprint density at radius 3 is 2.36 bits per heavy atom. The van der Waals surface area contributed by atoms with Gasteiger partial charge < -0.3 is 10.1 Å². The molecular weight excluding hydrogens is 451 g/mol. The molecule has 0 aromatic heterocycles. The van der Waals surface area contributed by atoms with Crippen LogP contribution in [-0.2, 0) is 4.74 Å². The van der Waals surface area contributed by atoms with Crippen molar-refractivity contribution in [3.63, 3.8) is 0 Å². The second kappa shape index (κ2) is 8.91. The Kier molecular flexibility index (Phi) is 6.89. The van der Waals surface area contributed by atoms with E-state index in [1.807, 2.05) is 19.1 Å². The molecule has 0 unspecified atom stereocenters. The maximum absolute atomic E-state index is 12.2. The van der Waals surface area contributed by atoms with Crippen molar-refractivity contribution in [3.8, 4) is 0 Å². The number of hydrogen-bond donors (Lipinski definition) is 2. The maximum atomic E-state index is 12.2. The lowest BCUT2D eigenvalue weighted by Crippen LogP contribution is -2.34. The lowest BCUT2D eigenvalue weighted by atomic mass is 10.1. The zero-order chi connectivity index (χ0) is 18.4. The van der Waals surface area contributed by atoms with Crippen LogP contribution < -0.4 is 10.6 Å². The first-order chi connectivity index (χ1) is 11.9. The molecule has 0 atom stereocenters. The van der Waals surface area contributed by atoms with Gasteiger partial charge in [0.25, 0.3) is 5.91 Å². The molecule has 7 heteroatoms. The first kappa shape index (κ1) is 19.3. The quantitative estimate of drug-likeness (QED) is 0.405. The molecule has 0 saturated heterocycles. The van der Waals surface area contributed by atoms with Gasteiger partial charge in [-0.2, -0.15) is 0 Å². The molecule has 5 nitrogen and oxygen atoms in total. The second-order valence-corrected chi connectivity index (χ2v) is 6.74. The van der Waals surface area contributed by atoms with Crippen molar-refractivity contribution in [3.05, 3.63) is 62.7 Å². The van der Waals surface area contributed by atoms with Crippen molar-refractivity contribution < 1.29 is 14.3 Å². The molecule has 2 rings (SSSR count). The number of hydrogen-bond acceptors (Lipinski definition) is 4. The lowest BCUT2D eigenvalue weighted by Gasteiger charge is -2.10. The van der Waals surface area contributed by atoms with Crippen LogP contribution in [0.4, 0.5) is 5.69 Å². The summed E-state index contributed by atoms with van der Waals surface area (Å²) in [6.07, 6.45) is 0. The SMILES string of the molecule is CCOC(=O)c1ccc(NC(=S)NC(=O)c2ccc(C)c(I)c2)cc1. The number of nitrogens with one attached hydrogen (secondary N) is 2. The summed E-state index contributed by atoms with van der Waals surface area (Å²) in [5, 5.41) is 5.73. The summed E-state index contributed by atoms with van der Waals surface area (Å²) in [6.45, 7) is 4.06. The Morgan fingerprint density at radius 2 is 1.76 bits per heavy atom. The molecule has 0 aliphatic heterocycles. The highest BCUT2D eigenvalue weighted by Gasteiger charge is 2.10. The van der Waals surface area contributed by atoms with E-state index in [0.29, 0.717) is 23.4 Å². The van der Waals surface area contributed by atoms with Crippen molar-refractivity contribution in [2.45, 2.75) is 13.8 Å². The lowest BCUT2D eigenvalue weighted by molar-refractivity contribution is 0.0526. The number of amides is 1. The first-order valence-electron chi connectivity index (χ1n) is 7.56. The number of esters is 1. The van der Waals surface area contributed by atoms with Gasteiger partial charge in [0.15, 0.2) is 5.11 Å². The van der Waals surface area contributed by atoms with E-state index in [0.717, 1.165) is 9.13 Å². The fourth-order valence-electron chi connectivity index (χ4n) is 1.98. The number of halogens is 1. The Balaban J connectivity index is 1.96. The highest BCUT2D eigenvalue weighted by Crippen LogP contribution is 2.14. The van der Waals surface area contributed by atoms with Gasteiger partial charge in [-0.3, -0.25) is 10.1 Å². The fourth-order valence-corrected chi connectivity index (χ4v) is 2.70. The molecule has 0 bridgehead atoms. The van der Waals surface area contributed by atoms with Crippen molar-refractivity contribution in [1.82, 2.24) is 5.32 Å². The third-order valence-corrected chi connectivity index (χ3v) is 4.68. The smallest absolute Gasteiger partial charge is 0.338 e. The predicted octanol–water partition coefficient (Wildman–Crippen LogP) is 3.90. The Morgan fingerprint density at radius 1 is 1.12 bits per heavy atom. The molecule has 0 fully saturated rings. The van der Waals surface area contributed by atoms with Crippen LogP contribution in [0.2, 0.25) is 0 Å². The minimum atomic E-state index is -0.376. The third kappa shape index (κ3) is 5.50. The summed E-state index contributed by atoms with van der Waals surface area (Å²) in [4.78, 5) is 23.8. The van der Waals surface area contributed by atoms with E-state index in [9.17, 15) is 9.59 Å². The van der Waals surface area contributed by atoms with E-state index in [4.69, 9.17) is 17.0 Å². The molecule has 0 spiro atoms. The average molecular weight is 468 g/mol. The van der Waals surface area contributed by atoms with Crippen LogP contribution in [0.15, 0.2) is 42.5 Å². The van der Waals surface area contributed by atoms with Gasteiger partial charge in [0.2, 0.25) is 0 Å². The first-order valence-corrected chi connectivity index (χ1v) is 9.05. The molecule has 130 valence electrons. The number of rotatable bonds is 4. The number of benzene rings is 2. The van der Waals surface area contributed by atoms with Gasteiger partial charge in [-0.1, -0.05) is 6.07 Å². The summed E-state index contributed by atoms with van der Waals surface area (Å²) in [5.74, 6) is -0.655. The maximum Gasteiger partial charge on any atom is 0.338 e. The summed E-state index contributed by atoms with van der Waals surface area (Å²) >= 11 is 7.34. The summed E-state index contributed by atoms with van der Waals surface area (Å²) in [6, 6.07) is 12.1. The van der Waals surface area contributed by atoms with Crippen LogP contribution in [-0.4, -0.2) is 23.6 Å². The van der Waals surface area contributed by atoms with Gasteiger partial charge in [-0.05, 0) is 90.6 Å². The number of ether oxygens (including phenoxy) is 1. The van der Waals surface area contributed by atoms with Crippen LogP contribution in [0.5, 0.6) is 0 Å². The molecule has 2 aromatic rings. The largest absolute Gasteiger partial charge is 0.462 e. The van der Waals surface area contributed by atoms with Crippen molar-refractivity contribution in [2.24, 2.45) is 0 Å². The second-order valence-electron chi connectivity index (χ2n) is 5.17. The van der Waals surface area contributed by atoms with Crippen LogP contribution in [0.25, 0.3) is 0 Å². The molecule has 1 amide bonds. The predicted molar refractivity (Wildman–Crippen MR) is 110 cm³/mol. The molecular formula is C18H17IN2O3S. The monoisotopic (exact) mass is 468 g/mol. The number of thiocarbonyl (C=S) groups is 1. The minimum Gasteiger partial charge on any atom is -0.462 e. The van der Waals surface area contributed by atoms with Crippen LogP contribution in [0.1, 0.15) is 33.2 Å². The van der Waals surface area contributed by atoms with E-state index in [2.05, 4.69) is 33.2 Å². The number of carbonyl (C=O) groups excluding carboxylic acids is 2. The van der Waals surface area contributed by atoms with E-state index in [-0.39, 0.29) is 17.0 Å². The number of anilines is 1. The van der Waals surface area contributed by atoms with Crippen molar-refractivity contribution in [2.75, 3.05) is 11.9 Å². The van der Waals surface area contributed by atoms with E-state index in [1.54, 1.807) is 37.3 Å². The molecule has 0 saturated carbocycles. The third-order valence-electron chi connectivity index (χ3n) is 3.31. The van der Waals surface area contributed by atoms with Gasteiger partial charge in [-0.25, -0.2) is 4.79 Å². The molecule has 0 aliphatic rings. The zero-order valence-corrected chi connectivity index (χ0v) is 16.7. The number of carbonyl (C=O) groups is 2. The molecule has 0 aliphatic carbocycles. The van der Waals surface area contributed by atoms with Gasteiger partial charge in [0, 0.05) is 14.8 Å². The van der Waals surface area contributed by atoms with Gasteiger partial charge in [0.05, 0.1) is 12.2 Å². The van der Waals surface area contributed by atoms with Crippen LogP contribution in [0, 0.1) is 10.5 Å². The molecule has 2 N–H and O–H groups in total. The zero-order valence-electron chi connectivity index (χ0n) is 13.8. The van der Waals surface area contributed by atoms with E-state index in [1.165, 1.54) is 0 Å². The van der Waals surface area contributed by atoms with E-state index >= 15 is 0 Å². The van der Waals surface area contributed by atoms with Gasteiger partial charge in [0.1, 0.15) is 0 Å². The van der Waals surface area contributed by atoms with Crippen LogP contribution in [0.3, 0.4) is 0 Å². The van der Waals surface area contributed by atoms with E-state index < -0.39 is 0 Å². The summed E-state index contributed by atoms with van der Waals surface area (Å²) in [5.41, 5.74) is 2.77. The molecule has 2 aromatic carbocycles. The molecule has 25 heavy (non-hydrogen) atoms. The van der Waals surface area contributed by atoms with Crippen LogP contribution >= 0.6 is 34.8 Å².